The molecule has 0 bridgehead atoms. The van der Waals surface area contributed by atoms with Crippen molar-refractivity contribution in [2.45, 2.75) is 18.6 Å². The van der Waals surface area contributed by atoms with Crippen LogP contribution < -0.4 is 5.84 Å². The Kier molecular flexibility index (Phi) is 4.16. The molecule has 6 heteroatoms. The van der Waals surface area contributed by atoms with Crippen molar-refractivity contribution in [3.8, 4) is 0 Å². The van der Waals surface area contributed by atoms with Gasteiger partial charge in [0.1, 0.15) is 6.10 Å². The number of hydrazine groups is 1. The summed E-state index contributed by atoms with van der Waals surface area (Å²) in [6, 6.07) is 7.48. The van der Waals surface area contributed by atoms with Crippen LogP contribution in [0.3, 0.4) is 0 Å². The molecule has 3 N–H and O–H groups in total. The topological polar surface area (TPSA) is 92.9 Å². The highest BCUT2D eigenvalue weighted by molar-refractivity contribution is 5.90. The molecule has 20 heavy (non-hydrogen) atoms. The Morgan fingerprint density at radius 3 is 2.75 bits per heavy atom. The Hall–Kier alpha value is -2.18. The van der Waals surface area contributed by atoms with Gasteiger partial charge < -0.3 is 9.84 Å². The highest BCUT2D eigenvalue weighted by atomic mass is 16.5. The van der Waals surface area contributed by atoms with Crippen molar-refractivity contribution < 1.29 is 19.4 Å². The minimum atomic E-state index is -1.19. The van der Waals surface area contributed by atoms with Gasteiger partial charge in [0.15, 0.2) is 0 Å². The SMILES string of the molecule is CN(N)[C@@H]1Cc2ccccc2[C@H]1OC(=O)/C=C\C(=O)O. The summed E-state index contributed by atoms with van der Waals surface area (Å²) in [5.41, 5.74) is 1.99. The van der Waals surface area contributed by atoms with Crippen molar-refractivity contribution in [3.05, 3.63) is 47.5 Å². The summed E-state index contributed by atoms with van der Waals surface area (Å²) < 4.78 is 5.35. The molecule has 2 rings (SSSR count). The first kappa shape index (κ1) is 14.2. The van der Waals surface area contributed by atoms with E-state index in [1.807, 2.05) is 24.3 Å². The molecule has 106 valence electrons. The van der Waals surface area contributed by atoms with E-state index in [1.54, 1.807) is 7.05 Å². The first-order valence-electron chi connectivity index (χ1n) is 6.16. The van der Waals surface area contributed by atoms with Gasteiger partial charge in [-0.3, -0.25) is 5.84 Å². The Morgan fingerprint density at radius 2 is 2.10 bits per heavy atom. The maximum atomic E-state index is 11.6. The zero-order valence-corrected chi connectivity index (χ0v) is 11.0. The van der Waals surface area contributed by atoms with E-state index in [9.17, 15) is 9.59 Å². The number of fused-ring (bicyclic) bond motifs is 1. The van der Waals surface area contributed by atoms with Crippen LogP contribution in [-0.2, 0) is 20.7 Å². The van der Waals surface area contributed by atoms with Crippen LogP contribution in [-0.4, -0.2) is 35.1 Å². The fraction of sp³-hybridized carbons (Fsp3) is 0.286. The third-order valence-electron chi connectivity index (χ3n) is 3.27. The van der Waals surface area contributed by atoms with Gasteiger partial charge in [-0.05, 0) is 17.5 Å². The number of carbonyl (C=O) groups is 2. The fourth-order valence-corrected chi connectivity index (χ4v) is 2.34. The normalized spacial score (nSPS) is 21.1. The van der Waals surface area contributed by atoms with Crippen molar-refractivity contribution in [3.63, 3.8) is 0 Å². The highest BCUT2D eigenvalue weighted by Gasteiger charge is 2.36. The van der Waals surface area contributed by atoms with Crippen LogP contribution >= 0.6 is 0 Å². The average molecular weight is 276 g/mol. The smallest absolute Gasteiger partial charge is 0.331 e. The van der Waals surface area contributed by atoms with E-state index in [4.69, 9.17) is 15.7 Å². The second-order valence-electron chi connectivity index (χ2n) is 4.66. The highest BCUT2D eigenvalue weighted by Crippen LogP contribution is 2.35. The van der Waals surface area contributed by atoms with Crippen LogP contribution in [0.2, 0.25) is 0 Å². The molecule has 0 heterocycles. The molecule has 2 atom stereocenters. The first-order chi connectivity index (χ1) is 9.49. The Balaban J connectivity index is 2.19. The summed E-state index contributed by atoms with van der Waals surface area (Å²) in [5.74, 6) is 3.91. The number of benzene rings is 1. The van der Waals surface area contributed by atoms with Crippen molar-refractivity contribution in [2.75, 3.05) is 7.05 Å². The predicted octanol–water partition coefficient (Wildman–Crippen LogP) is 0.642. The minimum absolute atomic E-state index is 0.158. The molecule has 0 radical (unpaired) electrons. The van der Waals surface area contributed by atoms with Gasteiger partial charge in [0.05, 0.1) is 6.04 Å². The van der Waals surface area contributed by atoms with E-state index in [0.717, 1.165) is 23.3 Å². The number of carbonyl (C=O) groups excluding carboxylic acids is 1. The number of ether oxygens (including phenoxy) is 1. The van der Waals surface area contributed by atoms with E-state index in [1.165, 1.54) is 5.01 Å². The molecule has 1 aromatic carbocycles. The minimum Gasteiger partial charge on any atom is -0.478 e. The van der Waals surface area contributed by atoms with Crippen LogP contribution in [0.15, 0.2) is 36.4 Å². The van der Waals surface area contributed by atoms with Gasteiger partial charge in [-0.15, -0.1) is 0 Å². The average Bonchev–Trinajstić information content (AvgIpc) is 2.76. The summed E-state index contributed by atoms with van der Waals surface area (Å²) in [7, 11) is 1.71. The number of carboxylic acid groups (broad SMARTS) is 1. The number of hydrogen-bond donors (Lipinski definition) is 2. The number of nitrogens with zero attached hydrogens (tertiary/aromatic N) is 1. The van der Waals surface area contributed by atoms with Crippen molar-refractivity contribution in [1.29, 1.82) is 0 Å². The number of rotatable bonds is 4. The summed E-state index contributed by atoms with van der Waals surface area (Å²) in [4.78, 5) is 22.0. The monoisotopic (exact) mass is 276 g/mol. The van der Waals surface area contributed by atoms with Gasteiger partial charge in [0.25, 0.3) is 0 Å². The van der Waals surface area contributed by atoms with E-state index in [2.05, 4.69) is 0 Å². The maximum Gasteiger partial charge on any atom is 0.331 e. The Morgan fingerprint density at radius 1 is 1.40 bits per heavy atom. The van der Waals surface area contributed by atoms with Crippen LogP contribution in [0.25, 0.3) is 0 Å². The summed E-state index contributed by atoms with van der Waals surface area (Å²) >= 11 is 0. The van der Waals surface area contributed by atoms with Crippen LogP contribution in [0.5, 0.6) is 0 Å². The molecule has 0 saturated heterocycles. The van der Waals surface area contributed by atoms with Crippen LogP contribution in [0, 0.1) is 0 Å². The molecular formula is C14H16N2O4. The molecule has 0 spiro atoms. The molecule has 1 aromatic rings. The van der Waals surface area contributed by atoms with Gasteiger partial charge in [-0.25, -0.2) is 14.6 Å². The molecule has 1 aliphatic carbocycles. The quantitative estimate of drug-likeness (QED) is 0.363. The third kappa shape index (κ3) is 3.04. The Labute approximate surface area is 116 Å². The lowest BCUT2D eigenvalue weighted by Crippen LogP contribution is -2.41. The first-order valence-corrected chi connectivity index (χ1v) is 6.16. The second-order valence-corrected chi connectivity index (χ2v) is 4.66. The van der Waals surface area contributed by atoms with Gasteiger partial charge in [0, 0.05) is 19.2 Å². The number of likely N-dealkylation sites (N-methyl/N-ethyl adjacent to an activating group) is 1. The predicted molar refractivity (Wildman–Crippen MR) is 71.5 cm³/mol. The molecule has 0 saturated carbocycles. The van der Waals surface area contributed by atoms with Crippen LogP contribution in [0.4, 0.5) is 0 Å². The molecular weight excluding hydrogens is 260 g/mol. The summed E-state index contributed by atoms with van der Waals surface area (Å²) in [5, 5.41) is 10.0. The van der Waals surface area contributed by atoms with Gasteiger partial charge in [-0.1, -0.05) is 24.3 Å². The molecule has 0 fully saturated rings. The number of hydrogen-bond acceptors (Lipinski definition) is 5. The van der Waals surface area contributed by atoms with E-state index in [-0.39, 0.29) is 6.04 Å². The number of nitrogens with two attached hydrogens (primary N) is 1. The molecule has 1 aliphatic rings. The molecule has 0 aliphatic heterocycles. The number of carboxylic acids is 1. The zero-order valence-electron chi connectivity index (χ0n) is 11.0. The summed E-state index contributed by atoms with van der Waals surface area (Å²) in [6.07, 6.45) is 1.84. The largest absolute Gasteiger partial charge is 0.478 e. The lowest BCUT2D eigenvalue weighted by Gasteiger charge is -2.25. The lowest BCUT2D eigenvalue weighted by molar-refractivity contribution is -0.146. The number of aliphatic carboxylic acids is 1. The van der Waals surface area contributed by atoms with Gasteiger partial charge >= 0.3 is 11.9 Å². The Bertz CT molecular complexity index is 554. The number of esters is 1. The van der Waals surface area contributed by atoms with E-state index >= 15 is 0 Å². The van der Waals surface area contributed by atoms with E-state index < -0.39 is 18.0 Å². The van der Waals surface area contributed by atoms with Crippen LogP contribution in [0.1, 0.15) is 17.2 Å². The molecule has 0 amide bonds. The zero-order chi connectivity index (χ0) is 14.7. The van der Waals surface area contributed by atoms with Gasteiger partial charge in [-0.2, -0.15) is 0 Å². The lowest BCUT2D eigenvalue weighted by atomic mass is 10.1. The van der Waals surface area contributed by atoms with Gasteiger partial charge in [0.2, 0.25) is 0 Å². The third-order valence-corrected chi connectivity index (χ3v) is 3.27. The molecule has 0 unspecified atom stereocenters. The standard InChI is InChI=1S/C14H16N2O4/c1-16(15)11-8-9-4-2-3-5-10(9)14(11)20-13(19)7-6-12(17)18/h2-7,11,14H,8,15H2,1H3,(H,17,18)/b7-6-/t11-,14-/m1/s1. The molecule has 6 nitrogen and oxygen atoms in total. The maximum absolute atomic E-state index is 11.6. The van der Waals surface area contributed by atoms with E-state index in [0.29, 0.717) is 6.42 Å². The second kappa shape index (κ2) is 5.85. The fourth-order valence-electron chi connectivity index (χ4n) is 2.34. The van der Waals surface area contributed by atoms with Crippen molar-refractivity contribution in [2.24, 2.45) is 5.84 Å². The summed E-state index contributed by atoms with van der Waals surface area (Å²) in [6.45, 7) is 0. The molecule has 0 aromatic heterocycles. The van der Waals surface area contributed by atoms with Crippen molar-refractivity contribution >= 4 is 11.9 Å². The van der Waals surface area contributed by atoms with Crippen molar-refractivity contribution in [1.82, 2.24) is 5.01 Å².